The number of thioether (sulfide) groups is 1. The van der Waals surface area contributed by atoms with Crippen molar-refractivity contribution in [3.05, 3.63) is 67.6 Å². The minimum atomic E-state index is -0.0994. The van der Waals surface area contributed by atoms with Gasteiger partial charge >= 0.3 is 0 Å². The summed E-state index contributed by atoms with van der Waals surface area (Å²) >= 11 is 1.50. The van der Waals surface area contributed by atoms with E-state index in [9.17, 15) is 0 Å². The highest BCUT2D eigenvalue weighted by Gasteiger charge is 2.21. The van der Waals surface area contributed by atoms with Gasteiger partial charge in [0.2, 0.25) is 11.7 Å². The highest BCUT2D eigenvalue weighted by Crippen LogP contribution is 2.35. The Morgan fingerprint density at radius 3 is 2.75 bits per heavy atom. The number of nitrogens with zero attached hydrogens (tertiary/aromatic N) is 7. The van der Waals surface area contributed by atoms with Gasteiger partial charge in [0.1, 0.15) is 0 Å². The van der Waals surface area contributed by atoms with E-state index < -0.39 is 0 Å². The second kappa shape index (κ2) is 8.13. The molecule has 4 heterocycles. The van der Waals surface area contributed by atoms with E-state index in [-0.39, 0.29) is 5.25 Å². The third-order valence-electron chi connectivity index (χ3n) is 3.96. The van der Waals surface area contributed by atoms with Gasteiger partial charge in [-0.3, -0.25) is 14.5 Å². The number of hydrogen-bond donors (Lipinski definition) is 0. The van der Waals surface area contributed by atoms with Crippen molar-refractivity contribution in [2.45, 2.75) is 23.9 Å². The fourth-order valence-corrected chi connectivity index (χ4v) is 3.49. The summed E-state index contributed by atoms with van der Waals surface area (Å²) in [5.41, 5.74) is 1.75. The Balaban J connectivity index is 1.58. The summed E-state index contributed by atoms with van der Waals surface area (Å²) in [6.07, 6.45) is 8.70. The lowest BCUT2D eigenvalue weighted by Crippen LogP contribution is -2.02. The van der Waals surface area contributed by atoms with Crippen LogP contribution in [0.4, 0.5) is 0 Å². The predicted octanol–water partition coefficient (Wildman–Crippen LogP) is 3.82. The van der Waals surface area contributed by atoms with Crippen LogP contribution in [0.3, 0.4) is 0 Å². The largest absolute Gasteiger partial charge is 0.338 e. The standard InChI is InChI=1S/C19H17N7OS/c1-3-11-26-17(15-5-4-8-21-12-15)23-24-19(26)28-13(2)18-22-16(25-27-18)14-6-9-20-10-7-14/h3-10,12-13H,1,11H2,2H3. The first-order valence-corrected chi connectivity index (χ1v) is 9.49. The molecule has 4 rings (SSSR count). The number of rotatable bonds is 7. The van der Waals surface area contributed by atoms with Gasteiger partial charge in [-0.15, -0.1) is 16.8 Å². The molecule has 0 radical (unpaired) electrons. The van der Waals surface area contributed by atoms with E-state index in [0.717, 1.165) is 22.1 Å². The molecule has 0 aromatic carbocycles. The lowest BCUT2D eigenvalue weighted by Gasteiger charge is -2.09. The molecular weight excluding hydrogens is 374 g/mol. The molecule has 0 saturated carbocycles. The molecule has 0 saturated heterocycles. The molecule has 28 heavy (non-hydrogen) atoms. The molecule has 0 bridgehead atoms. The van der Waals surface area contributed by atoms with Crippen LogP contribution in [0.1, 0.15) is 18.1 Å². The molecule has 0 fully saturated rings. The van der Waals surface area contributed by atoms with Crippen LogP contribution in [0.15, 0.2) is 71.4 Å². The van der Waals surface area contributed by atoms with Crippen molar-refractivity contribution in [2.75, 3.05) is 0 Å². The molecule has 1 atom stereocenters. The van der Waals surface area contributed by atoms with E-state index in [0.29, 0.717) is 18.3 Å². The van der Waals surface area contributed by atoms with Gasteiger partial charge in [0, 0.05) is 42.5 Å². The van der Waals surface area contributed by atoms with E-state index in [1.807, 2.05) is 41.8 Å². The van der Waals surface area contributed by atoms with Gasteiger partial charge in [-0.1, -0.05) is 23.0 Å². The molecule has 0 amide bonds. The number of aromatic nitrogens is 7. The molecule has 0 N–H and O–H groups in total. The predicted molar refractivity (Wildman–Crippen MR) is 105 cm³/mol. The summed E-state index contributed by atoms with van der Waals surface area (Å²) in [5.74, 6) is 1.80. The molecule has 0 aliphatic rings. The fourth-order valence-electron chi connectivity index (χ4n) is 2.61. The first kappa shape index (κ1) is 18.1. The average Bonchev–Trinajstić information content (AvgIpc) is 3.38. The van der Waals surface area contributed by atoms with E-state index in [1.54, 1.807) is 24.8 Å². The molecule has 140 valence electrons. The maximum atomic E-state index is 5.45. The van der Waals surface area contributed by atoms with Crippen molar-refractivity contribution in [2.24, 2.45) is 0 Å². The van der Waals surface area contributed by atoms with Gasteiger partial charge in [-0.25, -0.2) is 0 Å². The maximum absolute atomic E-state index is 5.45. The Hall–Kier alpha value is -3.33. The molecule has 4 aromatic rings. The van der Waals surface area contributed by atoms with Crippen LogP contribution >= 0.6 is 11.8 Å². The Bertz CT molecular complexity index is 1060. The molecule has 4 aromatic heterocycles. The normalized spacial score (nSPS) is 12.0. The van der Waals surface area contributed by atoms with E-state index >= 15 is 0 Å². The summed E-state index contributed by atoms with van der Waals surface area (Å²) in [6, 6.07) is 7.50. The Morgan fingerprint density at radius 2 is 2.00 bits per heavy atom. The zero-order chi connectivity index (χ0) is 19.3. The second-order valence-electron chi connectivity index (χ2n) is 5.90. The average molecular weight is 391 g/mol. The smallest absolute Gasteiger partial charge is 0.240 e. The number of allylic oxidation sites excluding steroid dienone is 1. The van der Waals surface area contributed by atoms with Crippen LogP contribution in [-0.4, -0.2) is 34.9 Å². The maximum Gasteiger partial charge on any atom is 0.240 e. The minimum absolute atomic E-state index is 0.0994. The lowest BCUT2D eigenvalue weighted by atomic mass is 10.2. The summed E-state index contributed by atoms with van der Waals surface area (Å²) < 4.78 is 7.45. The third kappa shape index (κ3) is 3.70. The number of hydrogen-bond acceptors (Lipinski definition) is 8. The van der Waals surface area contributed by atoms with Crippen molar-refractivity contribution in [1.29, 1.82) is 0 Å². The summed E-state index contributed by atoms with van der Waals surface area (Å²) in [4.78, 5) is 12.7. The highest BCUT2D eigenvalue weighted by molar-refractivity contribution is 7.99. The SMILES string of the molecule is C=CCn1c(SC(C)c2nc(-c3ccncc3)no2)nnc1-c1cccnc1. The van der Waals surface area contributed by atoms with Crippen LogP contribution in [0, 0.1) is 0 Å². The Kier molecular flexibility index (Phi) is 5.24. The van der Waals surface area contributed by atoms with Crippen molar-refractivity contribution < 1.29 is 4.52 Å². The van der Waals surface area contributed by atoms with Crippen molar-refractivity contribution in [3.63, 3.8) is 0 Å². The summed E-state index contributed by atoms with van der Waals surface area (Å²) in [6.45, 7) is 6.41. The minimum Gasteiger partial charge on any atom is -0.338 e. The Morgan fingerprint density at radius 1 is 1.14 bits per heavy atom. The molecule has 9 heteroatoms. The van der Waals surface area contributed by atoms with Crippen LogP contribution in [-0.2, 0) is 6.54 Å². The highest BCUT2D eigenvalue weighted by atomic mass is 32.2. The zero-order valence-electron chi connectivity index (χ0n) is 15.1. The van der Waals surface area contributed by atoms with Crippen LogP contribution in [0.25, 0.3) is 22.8 Å². The molecule has 1 unspecified atom stereocenters. The lowest BCUT2D eigenvalue weighted by molar-refractivity contribution is 0.380. The first-order chi connectivity index (χ1) is 13.8. The van der Waals surface area contributed by atoms with Crippen LogP contribution in [0.2, 0.25) is 0 Å². The zero-order valence-corrected chi connectivity index (χ0v) is 16.0. The van der Waals surface area contributed by atoms with Gasteiger partial charge in [0.05, 0.1) is 5.25 Å². The van der Waals surface area contributed by atoms with Crippen LogP contribution < -0.4 is 0 Å². The quantitative estimate of drug-likeness (QED) is 0.346. The second-order valence-corrected chi connectivity index (χ2v) is 7.21. The van der Waals surface area contributed by atoms with Gasteiger partial charge in [-0.2, -0.15) is 4.98 Å². The van der Waals surface area contributed by atoms with Crippen molar-refractivity contribution >= 4 is 11.8 Å². The van der Waals surface area contributed by atoms with Crippen molar-refractivity contribution in [3.8, 4) is 22.8 Å². The van der Waals surface area contributed by atoms with E-state index in [2.05, 4.69) is 36.9 Å². The van der Waals surface area contributed by atoms with Gasteiger partial charge in [0.15, 0.2) is 11.0 Å². The molecular formula is C19H17N7OS. The Labute approximate surface area is 165 Å². The van der Waals surface area contributed by atoms with E-state index in [4.69, 9.17) is 4.52 Å². The summed E-state index contributed by atoms with van der Waals surface area (Å²) in [5, 5.41) is 13.4. The monoisotopic (exact) mass is 391 g/mol. The molecule has 0 spiro atoms. The number of pyridine rings is 2. The third-order valence-corrected chi connectivity index (χ3v) is 5.03. The molecule has 8 nitrogen and oxygen atoms in total. The van der Waals surface area contributed by atoms with Crippen LogP contribution in [0.5, 0.6) is 0 Å². The first-order valence-electron chi connectivity index (χ1n) is 8.61. The van der Waals surface area contributed by atoms with E-state index in [1.165, 1.54) is 11.8 Å². The molecule has 0 aliphatic heterocycles. The summed E-state index contributed by atoms with van der Waals surface area (Å²) in [7, 11) is 0. The fraction of sp³-hybridized carbons (Fsp3) is 0.158. The molecule has 0 aliphatic carbocycles. The van der Waals surface area contributed by atoms with Crippen molar-refractivity contribution in [1.82, 2.24) is 34.9 Å². The van der Waals surface area contributed by atoms with Gasteiger partial charge in [-0.05, 0) is 31.2 Å². The van der Waals surface area contributed by atoms with Gasteiger partial charge < -0.3 is 4.52 Å². The topological polar surface area (TPSA) is 95.4 Å². The van der Waals surface area contributed by atoms with Gasteiger partial charge in [0.25, 0.3) is 0 Å².